The third kappa shape index (κ3) is 6.01. The van der Waals surface area contributed by atoms with E-state index in [-0.39, 0.29) is 11.9 Å². The number of amides is 1. The molecule has 0 aliphatic heterocycles. The monoisotopic (exact) mass is 298 g/mol. The van der Waals surface area contributed by atoms with Crippen LogP contribution < -0.4 is 11.1 Å². The average molecular weight is 298 g/mol. The largest absolute Gasteiger partial charge is 0.350 e. The van der Waals surface area contributed by atoms with Crippen molar-refractivity contribution in [2.45, 2.75) is 19.4 Å². The highest BCUT2D eigenvalue weighted by Gasteiger charge is 2.11. The van der Waals surface area contributed by atoms with Gasteiger partial charge in [-0.3, -0.25) is 9.00 Å². The van der Waals surface area contributed by atoms with Crippen LogP contribution in [0.5, 0.6) is 0 Å². The van der Waals surface area contributed by atoms with Crippen molar-refractivity contribution in [3.05, 3.63) is 21.9 Å². The van der Waals surface area contributed by atoms with Crippen LogP contribution in [0.25, 0.3) is 0 Å². The second-order valence-electron chi connectivity index (χ2n) is 4.15. The van der Waals surface area contributed by atoms with E-state index in [2.05, 4.69) is 17.2 Å². The average Bonchev–Trinajstić information content (AvgIpc) is 2.82. The van der Waals surface area contributed by atoms with Crippen LogP contribution in [0.4, 0.5) is 0 Å². The van der Waals surface area contributed by atoms with Crippen molar-refractivity contribution in [2.75, 3.05) is 18.6 Å². The van der Waals surface area contributed by atoms with E-state index in [1.54, 1.807) is 17.7 Å². The molecule has 0 aliphatic rings. The van der Waals surface area contributed by atoms with Gasteiger partial charge in [0.15, 0.2) is 0 Å². The van der Waals surface area contributed by atoms with Crippen molar-refractivity contribution in [2.24, 2.45) is 5.73 Å². The number of carbonyl (C=O) groups is 1. The molecule has 0 bridgehead atoms. The number of hydrogen-bond acceptors (Lipinski definition) is 4. The number of hydrogen-bond donors (Lipinski definition) is 2. The molecule has 1 amide bonds. The summed E-state index contributed by atoms with van der Waals surface area (Å²) in [5.41, 5.74) is 5.90. The van der Waals surface area contributed by atoms with E-state index in [9.17, 15) is 9.00 Å². The highest BCUT2D eigenvalue weighted by molar-refractivity contribution is 7.84. The lowest BCUT2D eigenvalue weighted by molar-refractivity contribution is 0.0940. The van der Waals surface area contributed by atoms with Gasteiger partial charge in [-0.1, -0.05) is 11.8 Å². The molecule has 1 rings (SSSR count). The fraction of sp³-hybridized carbons (Fsp3) is 0.462. The minimum Gasteiger partial charge on any atom is -0.350 e. The molecule has 3 N–H and O–H groups in total. The van der Waals surface area contributed by atoms with Gasteiger partial charge in [-0.05, 0) is 19.4 Å². The van der Waals surface area contributed by atoms with Gasteiger partial charge < -0.3 is 11.1 Å². The van der Waals surface area contributed by atoms with Gasteiger partial charge in [0.1, 0.15) is 0 Å². The van der Waals surface area contributed by atoms with Crippen LogP contribution in [0.1, 0.15) is 28.6 Å². The topological polar surface area (TPSA) is 72.2 Å². The Hall–Kier alpha value is -1.16. The van der Waals surface area contributed by atoms with E-state index in [4.69, 9.17) is 5.73 Å². The predicted octanol–water partition coefficient (Wildman–Crippen LogP) is 0.945. The standard InChI is InChI=1S/C13H18N2O2S2/c1-10(5-7-19(2)17)15-13(16)11-8-12(18-9-11)4-3-6-14/h8-10H,5-7,14H2,1-2H3,(H,15,16). The fourth-order valence-corrected chi connectivity index (χ4v) is 2.82. The molecule has 0 aromatic carbocycles. The molecular formula is C13H18N2O2S2. The lowest BCUT2D eigenvalue weighted by Crippen LogP contribution is -2.33. The Labute approximate surface area is 120 Å². The summed E-state index contributed by atoms with van der Waals surface area (Å²) in [5.74, 6) is 6.13. The van der Waals surface area contributed by atoms with Gasteiger partial charge in [-0.2, -0.15) is 0 Å². The molecule has 104 valence electrons. The van der Waals surface area contributed by atoms with Crippen molar-refractivity contribution in [3.63, 3.8) is 0 Å². The molecule has 1 heterocycles. The summed E-state index contributed by atoms with van der Waals surface area (Å²) in [6, 6.07) is 1.77. The molecule has 6 heteroatoms. The minimum atomic E-state index is -0.825. The maximum Gasteiger partial charge on any atom is 0.252 e. The van der Waals surface area contributed by atoms with Crippen molar-refractivity contribution in [1.82, 2.24) is 5.32 Å². The van der Waals surface area contributed by atoms with Crippen LogP contribution in [0, 0.1) is 11.8 Å². The van der Waals surface area contributed by atoms with Crippen LogP contribution in [0.2, 0.25) is 0 Å². The zero-order valence-corrected chi connectivity index (χ0v) is 12.7. The zero-order valence-electron chi connectivity index (χ0n) is 11.1. The maximum atomic E-state index is 11.9. The Morgan fingerprint density at radius 2 is 2.37 bits per heavy atom. The highest BCUT2D eigenvalue weighted by atomic mass is 32.2. The molecule has 0 saturated carbocycles. The molecular weight excluding hydrogens is 280 g/mol. The van der Waals surface area contributed by atoms with E-state index in [0.717, 1.165) is 4.88 Å². The Balaban J connectivity index is 2.53. The first-order chi connectivity index (χ1) is 9.02. The summed E-state index contributed by atoms with van der Waals surface area (Å²) in [7, 11) is -0.825. The van der Waals surface area contributed by atoms with Gasteiger partial charge in [0.05, 0.1) is 17.0 Å². The van der Waals surface area contributed by atoms with Gasteiger partial charge in [0.2, 0.25) is 0 Å². The van der Waals surface area contributed by atoms with Gasteiger partial charge >= 0.3 is 0 Å². The fourth-order valence-electron chi connectivity index (χ4n) is 1.38. The van der Waals surface area contributed by atoms with Crippen LogP contribution in [0.15, 0.2) is 11.4 Å². The normalized spacial score (nSPS) is 13.2. The summed E-state index contributed by atoms with van der Waals surface area (Å²) < 4.78 is 11.0. The summed E-state index contributed by atoms with van der Waals surface area (Å²) >= 11 is 1.42. The molecule has 0 aliphatic carbocycles. The number of carbonyl (C=O) groups excluding carboxylic acids is 1. The smallest absolute Gasteiger partial charge is 0.252 e. The SMILES string of the molecule is CC(CCS(C)=O)NC(=O)c1csc(C#CCN)c1. The molecule has 0 radical (unpaired) electrons. The Morgan fingerprint density at radius 1 is 1.63 bits per heavy atom. The van der Waals surface area contributed by atoms with Gasteiger partial charge in [0.25, 0.3) is 5.91 Å². The summed E-state index contributed by atoms with van der Waals surface area (Å²) in [5, 5.41) is 4.66. The van der Waals surface area contributed by atoms with Crippen molar-refractivity contribution >= 4 is 28.0 Å². The van der Waals surface area contributed by atoms with Crippen LogP contribution in [-0.4, -0.2) is 34.7 Å². The Bertz CT molecular complexity index is 514. The molecule has 2 atom stereocenters. The molecule has 1 aromatic rings. The van der Waals surface area contributed by atoms with Crippen LogP contribution in [0.3, 0.4) is 0 Å². The van der Waals surface area contributed by atoms with Crippen molar-refractivity contribution in [3.8, 4) is 11.8 Å². The van der Waals surface area contributed by atoms with E-state index < -0.39 is 10.8 Å². The Kier molecular flexibility index (Phi) is 6.78. The van der Waals surface area contributed by atoms with Gasteiger partial charge in [-0.25, -0.2) is 0 Å². The molecule has 4 nitrogen and oxygen atoms in total. The summed E-state index contributed by atoms with van der Waals surface area (Å²) in [6.45, 7) is 2.22. The minimum absolute atomic E-state index is 0.00914. The van der Waals surface area contributed by atoms with Crippen LogP contribution in [-0.2, 0) is 10.8 Å². The summed E-state index contributed by atoms with van der Waals surface area (Å²) in [4.78, 5) is 12.8. The molecule has 0 spiro atoms. The number of rotatable bonds is 5. The van der Waals surface area contributed by atoms with E-state index in [1.165, 1.54) is 11.3 Å². The van der Waals surface area contributed by atoms with E-state index >= 15 is 0 Å². The molecule has 2 unspecified atom stereocenters. The summed E-state index contributed by atoms with van der Waals surface area (Å²) in [6.07, 6.45) is 2.37. The first kappa shape index (κ1) is 15.9. The van der Waals surface area contributed by atoms with Gasteiger partial charge in [0, 0.05) is 34.2 Å². The molecule has 1 aromatic heterocycles. The first-order valence-corrected chi connectivity index (χ1v) is 8.52. The Morgan fingerprint density at radius 3 is 3.00 bits per heavy atom. The van der Waals surface area contributed by atoms with E-state index in [0.29, 0.717) is 24.3 Å². The lowest BCUT2D eigenvalue weighted by Gasteiger charge is -2.12. The number of nitrogens with two attached hydrogens (primary N) is 1. The zero-order chi connectivity index (χ0) is 14.3. The third-order valence-corrected chi connectivity index (χ3v) is 4.05. The molecule has 19 heavy (non-hydrogen) atoms. The second-order valence-corrected chi connectivity index (χ2v) is 6.61. The molecule has 0 saturated heterocycles. The quantitative estimate of drug-likeness (QED) is 0.795. The van der Waals surface area contributed by atoms with Gasteiger partial charge in [-0.15, -0.1) is 11.3 Å². The number of nitrogens with one attached hydrogen (secondary N) is 1. The first-order valence-electron chi connectivity index (χ1n) is 5.91. The van der Waals surface area contributed by atoms with E-state index in [1.807, 2.05) is 6.92 Å². The van der Waals surface area contributed by atoms with Crippen molar-refractivity contribution < 1.29 is 9.00 Å². The third-order valence-electron chi connectivity index (χ3n) is 2.39. The highest BCUT2D eigenvalue weighted by Crippen LogP contribution is 2.13. The predicted molar refractivity (Wildman–Crippen MR) is 80.7 cm³/mol. The second kappa shape index (κ2) is 8.10. The van der Waals surface area contributed by atoms with Crippen LogP contribution >= 0.6 is 11.3 Å². The number of thiophene rings is 1. The molecule has 0 fully saturated rings. The lowest BCUT2D eigenvalue weighted by atomic mass is 10.2. The maximum absolute atomic E-state index is 11.9. The van der Waals surface area contributed by atoms with Crippen molar-refractivity contribution in [1.29, 1.82) is 0 Å².